The predicted molar refractivity (Wildman–Crippen MR) is 121 cm³/mol. The quantitative estimate of drug-likeness (QED) is 0.570. The molecule has 5 heteroatoms. The molecule has 3 rings (SSSR count). The molecule has 2 amide bonds. The highest BCUT2D eigenvalue weighted by Crippen LogP contribution is 2.26. The number of rotatable bonds is 8. The van der Waals surface area contributed by atoms with E-state index in [1.165, 1.54) is 0 Å². The molecule has 160 valence electrons. The summed E-state index contributed by atoms with van der Waals surface area (Å²) < 4.78 is 5.41. The molecule has 1 atom stereocenters. The van der Waals surface area contributed by atoms with Gasteiger partial charge in [0.2, 0.25) is 5.91 Å². The van der Waals surface area contributed by atoms with Crippen molar-refractivity contribution in [1.82, 2.24) is 10.2 Å². The molecule has 0 aromatic heterocycles. The third-order valence-corrected chi connectivity index (χ3v) is 5.19. The molecule has 0 heterocycles. The molecule has 31 heavy (non-hydrogen) atoms. The molecule has 0 spiro atoms. The number of carbonyl (C=O) groups excluding carboxylic acids is 2. The Hall–Kier alpha value is -3.60. The van der Waals surface area contributed by atoms with Crippen LogP contribution in [0, 0.1) is 0 Å². The zero-order valence-corrected chi connectivity index (χ0v) is 18.0. The summed E-state index contributed by atoms with van der Waals surface area (Å²) in [6.07, 6.45) is -0.449. The van der Waals surface area contributed by atoms with Crippen molar-refractivity contribution >= 4 is 12.0 Å². The number of benzene rings is 3. The molecule has 3 aromatic rings. The number of hydrogen-bond acceptors (Lipinski definition) is 3. The molecule has 1 unspecified atom stereocenters. The van der Waals surface area contributed by atoms with E-state index in [4.69, 9.17) is 4.74 Å². The molecule has 0 saturated carbocycles. The molecular weight excluding hydrogens is 388 g/mol. The van der Waals surface area contributed by atoms with Gasteiger partial charge in [-0.3, -0.25) is 4.79 Å². The standard InChI is InChI=1S/C26H28N2O3/c1-26(23-16-10-5-11-17-23,27-25(30)31-20-22-14-8-4-9-15-22)18-24(29)28(2)19-21-12-6-3-7-13-21/h3-17H,18-20H2,1-2H3,(H,27,30). The fourth-order valence-electron chi connectivity index (χ4n) is 3.39. The number of carbonyl (C=O) groups is 2. The summed E-state index contributed by atoms with van der Waals surface area (Å²) in [5.74, 6) is -0.0708. The van der Waals surface area contributed by atoms with Gasteiger partial charge in [0.05, 0.1) is 12.0 Å². The molecule has 0 aliphatic rings. The van der Waals surface area contributed by atoms with Crippen molar-refractivity contribution < 1.29 is 14.3 Å². The van der Waals surface area contributed by atoms with Gasteiger partial charge < -0.3 is 15.0 Å². The van der Waals surface area contributed by atoms with Gasteiger partial charge >= 0.3 is 6.09 Å². The minimum absolute atomic E-state index is 0.0708. The summed E-state index contributed by atoms with van der Waals surface area (Å²) in [5.41, 5.74) is 1.89. The van der Waals surface area contributed by atoms with E-state index >= 15 is 0 Å². The fourth-order valence-corrected chi connectivity index (χ4v) is 3.39. The molecule has 1 N–H and O–H groups in total. The van der Waals surface area contributed by atoms with Crippen molar-refractivity contribution in [3.8, 4) is 0 Å². The van der Waals surface area contributed by atoms with Gasteiger partial charge in [-0.2, -0.15) is 0 Å². The Balaban J connectivity index is 1.69. The molecule has 0 saturated heterocycles. The average Bonchev–Trinajstić information content (AvgIpc) is 2.79. The maximum Gasteiger partial charge on any atom is 0.408 e. The van der Waals surface area contributed by atoms with Crippen LogP contribution in [0.4, 0.5) is 4.79 Å². The lowest BCUT2D eigenvalue weighted by Crippen LogP contribution is -2.47. The van der Waals surface area contributed by atoms with E-state index in [0.29, 0.717) is 6.54 Å². The Morgan fingerprint density at radius 3 is 1.94 bits per heavy atom. The van der Waals surface area contributed by atoms with Crippen LogP contribution in [0.15, 0.2) is 91.0 Å². The number of nitrogens with one attached hydrogen (secondary N) is 1. The molecule has 0 bridgehead atoms. The maximum atomic E-state index is 13.0. The van der Waals surface area contributed by atoms with Gasteiger partial charge in [-0.05, 0) is 23.6 Å². The molecule has 0 radical (unpaired) electrons. The smallest absolute Gasteiger partial charge is 0.408 e. The first kappa shape index (κ1) is 22.1. The van der Waals surface area contributed by atoms with Crippen LogP contribution >= 0.6 is 0 Å². The van der Waals surface area contributed by atoms with Gasteiger partial charge in [-0.25, -0.2) is 4.79 Å². The SMILES string of the molecule is CN(Cc1ccccc1)C(=O)CC(C)(NC(=O)OCc1ccccc1)c1ccccc1. The van der Waals surface area contributed by atoms with Crippen molar-refractivity contribution in [2.75, 3.05) is 7.05 Å². The second kappa shape index (κ2) is 10.4. The third-order valence-electron chi connectivity index (χ3n) is 5.19. The number of hydrogen-bond donors (Lipinski definition) is 1. The van der Waals surface area contributed by atoms with Crippen molar-refractivity contribution in [2.45, 2.75) is 32.0 Å². The zero-order valence-electron chi connectivity index (χ0n) is 18.0. The van der Waals surface area contributed by atoms with Gasteiger partial charge in [0.25, 0.3) is 0 Å². The van der Waals surface area contributed by atoms with Gasteiger partial charge in [-0.15, -0.1) is 0 Å². The Kier molecular flexibility index (Phi) is 7.44. The molecule has 5 nitrogen and oxygen atoms in total. The number of amides is 2. The van der Waals surface area contributed by atoms with Gasteiger partial charge in [0.1, 0.15) is 6.61 Å². The topological polar surface area (TPSA) is 58.6 Å². The summed E-state index contributed by atoms with van der Waals surface area (Å²) >= 11 is 0. The minimum atomic E-state index is -0.906. The highest BCUT2D eigenvalue weighted by atomic mass is 16.5. The van der Waals surface area contributed by atoms with E-state index in [9.17, 15) is 9.59 Å². The van der Waals surface area contributed by atoms with Crippen LogP contribution in [0.2, 0.25) is 0 Å². The van der Waals surface area contributed by atoms with Crippen LogP contribution in [-0.4, -0.2) is 23.9 Å². The lowest BCUT2D eigenvalue weighted by atomic mass is 9.88. The summed E-state index contributed by atoms with van der Waals surface area (Å²) in [4.78, 5) is 27.3. The van der Waals surface area contributed by atoms with Gasteiger partial charge in [0.15, 0.2) is 0 Å². The highest BCUT2D eigenvalue weighted by molar-refractivity contribution is 5.79. The van der Waals surface area contributed by atoms with E-state index in [0.717, 1.165) is 16.7 Å². The highest BCUT2D eigenvalue weighted by Gasteiger charge is 2.33. The fraction of sp³-hybridized carbons (Fsp3) is 0.231. The van der Waals surface area contributed by atoms with Crippen LogP contribution in [0.3, 0.4) is 0 Å². The van der Waals surface area contributed by atoms with E-state index < -0.39 is 11.6 Å². The zero-order chi connectivity index (χ0) is 22.1. The second-order valence-corrected chi connectivity index (χ2v) is 7.80. The Labute approximate surface area is 183 Å². The second-order valence-electron chi connectivity index (χ2n) is 7.80. The van der Waals surface area contributed by atoms with Crippen LogP contribution < -0.4 is 5.32 Å². The van der Waals surface area contributed by atoms with Crippen LogP contribution in [-0.2, 0) is 28.2 Å². The summed E-state index contributed by atoms with van der Waals surface area (Å²) in [7, 11) is 1.77. The van der Waals surface area contributed by atoms with Crippen molar-refractivity contribution in [3.05, 3.63) is 108 Å². The Morgan fingerprint density at radius 2 is 1.35 bits per heavy atom. The van der Waals surface area contributed by atoms with Crippen molar-refractivity contribution in [1.29, 1.82) is 0 Å². The van der Waals surface area contributed by atoms with Crippen molar-refractivity contribution in [2.24, 2.45) is 0 Å². The summed E-state index contributed by atoms with van der Waals surface area (Å²) in [5, 5.41) is 2.92. The van der Waals surface area contributed by atoms with E-state index in [2.05, 4.69) is 5.32 Å². The lowest BCUT2D eigenvalue weighted by Gasteiger charge is -2.32. The number of nitrogens with zero attached hydrogens (tertiary/aromatic N) is 1. The first-order chi connectivity index (χ1) is 15.0. The Morgan fingerprint density at radius 1 is 0.839 bits per heavy atom. The number of ether oxygens (including phenoxy) is 1. The minimum Gasteiger partial charge on any atom is -0.445 e. The first-order valence-corrected chi connectivity index (χ1v) is 10.3. The van der Waals surface area contributed by atoms with E-state index in [1.807, 2.05) is 97.9 Å². The average molecular weight is 417 g/mol. The lowest BCUT2D eigenvalue weighted by molar-refractivity contribution is -0.131. The van der Waals surface area contributed by atoms with E-state index in [-0.39, 0.29) is 18.9 Å². The maximum absolute atomic E-state index is 13.0. The van der Waals surface area contributed by atoms with Crippen molar-refractivity contribution in [3.63, 3.8) is 0 Å². The molecule has 0 aliphatic heterocycles. The van der Waals surface area contributed by atoms with Crippen LogP contribution in [0.25, 0.3) is 0 Å². The van der Waals surface area contributed by atoms with Gasteiger partial charge in [-0.1, -0.05) is 91.0 Å². The molecule has 0 aliphatic carbocycles. The third kappa shape index (κ3) is 6.44. The first-order valence-electron chi connectivity index (χ1n) is 10.3. The largest absolute Gasteiger partial charge is 0.445 e. The number of alkyl carbamates (subject to hydrolysis) is 1. The van der Waals surface area contributed by atoms with Gasteiger partial charge in [0, 0.05) is 13.6 Å². The molecule has 0 fully saturated rings. The van der Waals surface area contributed by atoms with Crippen LogP contribution in [0.1, 0.15) is 30.0 Å². The summed E-state index contributed by atoms with van der Waals surface area (Å²) in [6, 6.07) is 28.8. The monoisotopic (exact) mass is 416 g/mol. The molecular formula is C26H28N2O3. The van der Waals surface area contributed by atoms with Crippen LogP contribution in [0.5, 0.6) is 0 Å². The molecule has 3 aromatic carbocycles. The Bertz CT molecular complexity index is 977. The summed E-state index contributed by atoms with van der Waals surface area (Å²) in [6.45, 7) is 2.52. The predicted octanol–water partition coefficient (Wildman–Crippen LogP) is 4.88. The van der Waals surface area contributed by atoms with E-state index in [1.54, 1.807) is 11.9 Å². The normalized spacial score (nSPS) is 12.5.